The summed E-state index contributed by atoms with van der Waals surface area (Å²) >= 11 is 0. The first-order valence-corrected chi connectivity index (χ1v) is 12.3. The summed E-state index contributed by atoms with van der Waals surface area (Å²) in [5.74, 6) is -5.84. The van der Waals surface area contributed by atoms with Crippen LogP contribution in [0.5, 0.6) is 0 Å². The van der Waals surface area contributed by atoms with Crippen molar-refractivity contribution >= 4 is 46.4 Å². The number of nitrogens with two attached hydrogens (primary N) is 3. The molecule has 2 rings (SSSR count). The zero-order chi connectivity index (χ0) is 29.3. The molecule has 0 spiro atoms. The van der Waals surface area contributed by atoms with E-state index in [1.165, 1.54) is 0 Å². The third-order valence-electron chi connectivity index (χ3n) is 6.09. The zero-order valence-electron chi connectivity index (χ0n) is 21.7. The van der Waals surface area contributed by atoms with Crippen molar-refractivity contribution in [3.63, 3.8) is 0 Å². The number of benzene rings is 1. The highest BCUT2D eigenvalue weighted by Crippen LogP contribution is 2.19. The van der Waals surface area contributed by atoms with Gasteiger partial charge in [-0.15, -0.1) is 0 Å². The van der Waals surface area contributed by atoms with Gasteiger partial charge in [-0.2, -0.15) is 0 Å². The number of fused-ring (bicyclic) bond motifs is 1. The lowest BCUT2D eigenvalue weighted by atomic mass is 10.0. The van der Waals surface area contributed by atoms with Gasteiger partial charge in [0.1, 0.15) is 18.1 Å². The Morgan fingerprint density at radius 3 is 2.05 bits per heavy atom. The Morgan fingerprint density at radius 2 is 1.46 bits per heavy atom. The van der Waals surface area contributed by atoms with Crippen LogP contribution in [0.15, 0.2) is 30.5 Å². The first-order valence-electron chi connectivity index (χ1n) is 12.3. The molecule has 0 aliphatic carbocycles. The molecule has 1 heterocycles. The van der Waals surface area contributed by atoms with E-state index in [1.807, 2.05) is 12.1 Å². The molecule has 11 N–H and O–H groups in total. The van der Waals surface area contributed by atoms with Gasteiger partial charge in [0, 0.05) is 29.9 Å². The van der Waals surface area contributed by atoms with Gasteiger partial charge < -0.3 is 43.2 Å². The van der Waals surface area contributed by atoms with Crippen LogP contribution in [0.1, 0.15) is 38.7 Å². The second-order valence-electron chi connectivity index (χ2n) is 9.53. The van der Waals surface area contributed by atoms with Crippen LogP contribution in [0.2, 0.25) is 0 Å². The van der Waals surface area contributed by atoms with Gasteiger partial charge in [-0.25, -0.2) is 4.79 Å². The van der Waals surface area contributed by atoms with E-state index in [0.717, 1.165) is 10.9 Å². The molecule has 39 heavy (non-hydrogen) atoms. The van der Waals surface area contributed by atoms with Crippen molar-refractivity contribution in [3.8, 4) is 0 Å². The van der Waals surface area contributed by atoms with Gasteiger partial charge in [0.25, 0.3) is 0 Å². The fourth-order valence-corrected chi connectivity index (χ4v) is 3.80. The summed E-state index contributed by atoms with van der Waals surface area (Å²) in [5.41, 5.74) is 17.7. The highest BCUT2D eigenvalue weighted by atomic mass is 16.4. The maximum atomic E-state index is 13.0. The van der Waals surface area contributed by atoms with Crippen LogP contribution >= 0.6 is 0 Å². The lowest BCUT2D eigenvalue weighted by Crippen LogP contribution is -2.58. The molecule has 14 heteroatoms. The summed E-state index contributed by atoms with van der Waals surface area (Å²) < 4.78 is 0. The fourth-order valence-electron chi connectivity index (χ4n) is 3.80. The first kappa shape index (κ1) is 30.8. The molecule has 212 valence electrons. The number of para-hydroxylation sites is 1. The highest BCUT2D eigenvalue weighted by molar-refractivity contribution is 5.96. The molecule has 0 radical (unpaired) electrons. The van der Waals surface area contributed by atoms with Gasteiger partial charge in [0.15, 0.2) is 0 Å². The zero-order valence-corrected chi connectivity index (χ0v) is 21.7. The second kappa shape index (κ2) is 13.9. The smallest absolute Gasteiger partial charge is 0.326 e. The Hall–Kier alpha value is -4.46. The number of aromatic amines is 1. The minimum atomic E-state index is -1.56. The van der Waals surface area contributed by atoms with Crippen molar-refractivity contribution in [2.45, 2.75) is 63.7 Å². The van der Waals surface area contributed by atoms with Crippen molar-refractivity contribution in [1.29, 1.82) is 0 Å². The molecule has 0 saturated carbocycles. The number of hydrogen-bond donors (Lipinski definition) is 8. The van der Waals surface area contributed by atoms with Gasteiger partial charge in [0.05, 0.1) is 12.5 Å². The van der Waals surface area contributed by atoms with Gasteiger partial charge in [0.2, 0.25) is 29.5 Å². The van der Waals surface area contributed by atoms with Crippen LogP contribution in [-0.4, -0.2) is 69.8 Å². The normalized spacial score (nSPS) is 14.2. The molecule has 0 bridgehead atoms. The van der Waals surface area contributed by atoms with Crippen LogP contribution in [0.25, 0.3) is 10.9 Å². The Bertz CT molecular complexity index is 1230. The van der Waals surface area contributed by atoms with E-state index >= 15 is 0 Å². The lowest BCUT2D eigenvalue weighted by Gasteiger charge is -2.25. The number of primary amides is 2. The number of aliphatic carboxylic acids is 1. The van der Waals surface area contributed by atoms with Crippen molar-refractivity contribution in [2.75, 3.05) is 0 Å². The summed E-state index contributed by atoms with van der Waals surface area (Å²) in [7, 11) is 0. The third-order valence-corrected chi connectivity index (χ3v) is 6.09. The number of carbonyl (C=O) groups excluding carboxylic acids is 5. The van der Waals surface area contributed by atoms with Crippen LogP contribution in [0.3, 0.4) is 0 Å². The Kier molecular flexibility index (Phi) is 11.0. The minimum absolute atomic E-state index is 0.0906. The van der Waals surface area contributed by atoms with Crippen LogP contribution in [0.4, 0.5) is 0 Å². The number of nitrogens with one attached hydrogen (secondary N) is 4. The predicted molar refractivity (Wildman–Crippen MR) is 140 cm³/mol. The van der Waals surface area contributed by atoms with Gasteiger partial charge in [-0.1, -0.05) is 32.0 Å². The summed E-state index contributed by atoms with van der Waals surface area (Å²) in [5, 5.41) is 17.6. The molecule has 5 amide bonds. The molecule has 4 unspecified atom stereocenters. The molecule has 0 aliphatic heterocycles. The summed E-state index contributed by atoms with van der Waals surface area (Å²) in [6.45, 7) is 3.40. The number of rotatable bonds is 15. The molecular weight excluding hydrogens is 510 g/mol. The topological polar surface area (TPSA) is 253 Å². The van der Waals surface area contributed by atoms with E-state index in [-0.39, 0.29) is 25.2 Å². The van der Waals surface area contributed by atoms with Gasteiger partial charge in [-0.05, 0) is 24.0 Å². The van der Waals surface area contributed by atoms with Crippen molar-refractivity contribution < 1.29 is 33.9 Å². The number of amides is 5. The predicted octanol–water partition coefficient (Wildman–Crippen LogP) is -1.63. The van der Waals surface area contributed by atoms with Gasteiger partial charge in [-0.3, -0.25) is 24.0 Å². The molecule has 1 aromatic heterocycles. The lowest BCUT2D eigenvalue weighted by molar-refractivity contribution is -0.142. The Morgan fingerprint density at radius 1 is 0.872 bits per heavy atom. The summed E-state index contributed by atoms with van der Waals surface area (Å²) in [6, 6.07) is 1.96. The van der Waals surface area contributed by atoms with Crippen LogP contribution < -0.4 is 33.2 Å². The number of carboxylic acids is 1. The van der Waals surface area contributed by atoms with Gasteiger partial charge >= 0.3 is 5.97 Å². The highest BCUT2D eigenvalue weighted by Gasteiger charge is 2.32. The van der Waals surface area contributed by atoms with Crippen molar-refractivity contribution in [1.82, 2.24) is 20.9 Å². The molecule has 1 aromatic carbocycles. The summed E-state index contributed by atoms with van der Waals surface area (Å²) in [4.78, 5) is 76.5. The third kappa shape index (κ3) is 9.10. The standard InChI is InChI=1S/C25H35N7O7/c1-12(2)21(28)24(37)30-16(7-8-19(26)33)22(35)31-17(10-20(27)34)23(36)32-18(25(38)39)9-13-11-29-15-6-4-3-5-14(13)15/h3-6,11-12,16-18,21,29H,7-10,28H2,1-2H3,(H2,26,33)(H2,27,34)(H,30,37)(H,31,35)(H,32,36)(H,38,39). The van der Waals surface area contributed by atoms with E-state index in [0.29, 0.717) is 5.56 Å². The average Bonchev–Trinajstić information content (AvgIpc) is 3.27. The Balaban J connectivity index is 2.20. The molecule has 0 aliphatic rings. The number of hydrogen-bond acceptors (Lipinski definition) is 7. The van der Waals surface area contributed by atoms with Crippen LogP contribution in [-0.2, 0) is 35.2 Å². The molecule has 0 fully saturated rings. The maximum Gasteiger partial charge on any atom is 0.326 e. The number of aromatic nitrogens is 1. The van der Waals surface area contributed by atoms with Crippen molar-refractivity contribution in [3.05, 3.63) is 36.0 Å². The minimum Gasteiger partial charge on any atom is -0.480 e. The second-order valence-corrected chi connectivity index (χ2v) is 9.53. The number of H-pyrrole nitrogens is 1. The van der Waals surface area contributed by atoms with Crippen molar-refractivity contribution in [2.24, 2.45) is 23.1 Å². The number of carboxylic acid groups (broad SMARTS) is 1. The molecule has 2 aromatic rings. The molecule has 4 atom stereocenters. The SMILES string of the molecule is CC(C)C(N)C(=O)NC(CCC(N)=O)C(=O)NC(CC(N)=O)C(=O)NC(Cc1c[nH]c2ccccc12)C(=O)O. The fraction of sp³-hybridized carbons (Fsp3) is 0.440. The van der Waals surface area contributed by atoms with E-state index < -0.39 is 66.1 Å². The maximum absolute atomic E-state index is 13.0. The molecule has 0 saturated heterocycles. The first-order chi connectivity index (χ1) is 18.3. The van der Waals surface area contributed by atoms with E-state index in [4.69, 9.17) is 17.2 Å². The monoisotopic (exact) mass is 545 g/mol. The molecule has 14 nitrogen and oxygen atoms in total. The molecular formula is C25H35N7O7. The number of carbonyl (C=O) groups is 6. The van der Waals surface area contributed by atoms with Crippen LogP contribution in [0, 0.1) is 5.92 Å². The quantitative estimate of drug-likeness (QED) is 0.129. The van der Waals surface area contributed by atoms with E-state index in [9.17, 15) is 33.9 Å². The summed E-state index contributed by atoms with van der Waals surface area (Å²) in [6.07, 6.45) is 0.406. The van der Waals surface area contributed by atoms with E-state index in [1.54, 1.807) is 32.2 Å². The van der Waals surface area contributed by atoms with E-state index in [2.05, 4.69) is 20.9 Å². The largest absolute Gasteiger partial charge is 0.480 e. The average molecular weight is 546 g/mol. The Labute approximate surface area is 224 Å².